The van der Waals surface area contributed by atoms with Crippen molar-refractivity contribution in [3.05, 3.63) is 53.3 Å². The Bertz CT molecular complexity index is 1090. The molecule has 6 rings (SSSR count). The molecule has 0 amide bonds. The van der Waals surface area contributed by atoms with Crippen molar-refractivity contribution in [2.75, 3.05) is 13.1 Å². The molecule has 1 saturated heterocycles. The third-order valence-corrected chi connectivity index (χ3v) is 7.01. The number of hydrogen-bond donors (Lipinski definition) is 0. The Morgan fingerprint density at radius 1 is 1.26 bits per heavy atom. The normalized spacial score (nSPS) is 26.9. The topological polar surface area (TPSA) is 47.1 Å². The van der Waals surface area contributed by atoms with E-state index >= 15 is 0 Å². The van der Waals surface area contributed by atoms with Gasteiger partial charge in [-0.1, -0.05) is 30.3 Å². The van der Waals surface area contributed by atoms with Crippen molar-refractivity contribution < 1.29 is 4.52 Å². The van der Waals surface area contributed by atoms with Crippen LogP contribution in [0.5, 0.6) is 0 Å². The Balaban J connectivity index is 1.73. The number of piperidine rings is 1. The van der Waals surface area contributed by atoms with Gasteiger partial charge in [-0.15, -0.1) is 0 Å². The molecule has 0 radical (unpaired) electrons. The number of aromatic nitrogens is 3. The molecule has 1 fully saturated rings. The molecule has 0 spiro atoms. The van der Waals surface area contributed by atoms with Gasteiger partial charge in [0.25, 0.3) is 0 Å². The summed E-state index contributed by atoms with van der Waals surface area (Å²) in [5.41, 5.74) is 5.53. The van der Waals surface area contributed by atoms with Gasteiger partial charge in [-0.25, -0.2) is 0 Å². The van der Waals surface area contributed by atoms with E-state index in [0.29, 0.717) is 17.8 Å². The maximum atomic E-state index is 5.36. The lowest BCUT2D eigenvalue weighted by molar-refractivity contribution is 0.0271. The van der Waals surface area contributed by atoms with E-state index < -0.39 is 0 Å². The van der Waals surface area contributed by atoms with Gasteiger partial charge in [0.1, 0.15) is 0 Å². The van der Waals surface area contributed by atoms with Crippen molar-refractivity contribution >= 4 is 16.6 Å². The smallest absolute Gasteiger partial charge is 0.223 e. The van der Waals surface area contributed by atoms with Gasteiger partial charge in [0.15, 0.2) is 0 Å². The van der Waals surface area contributed by atoms with Gasteiger partial charge in [0.2, 0.25) is 11.7 Å². The molecule has 0 unspecified atom stereocenters. The van der Waals surface area contributed by atoms with Crippen LogP contribution >= 0.6 is 0 Å². The minimum Gasteiger partial charge on any atom is -0.339 e. The van der Waals surface area contributed by atoms with Crippen molar-refractivity contribution in [1.29, 1.82) is 0 Å². The zero-order valence-corrected chi connectivity index (χ0v) is 15.9. The summed E-state index contributed by atoms with van der Waals surface area (Å²) in [6.07, 6.45) is 7.22. The number of fused-ring (bicyclic) bond motifs is 3. The van der Waals surface area contributed by atoms with E-state index in [1.807, 2.05) is 6.92 Å². The van der Waals surface area contributed by atoms with Crippen LogP contribution in [0.3, 0.4) is 0 Å². The van der Waals surface area contributed by atoms with Gasteiger partial charge in [-0.05, 0) is 49.9 Å². The molecule has 5 heterocycles. The maximum absolute atomic E-state index is 5.36. The molecule has 2 aromatic heterocycles. The van der Waals surface area contributed by atoms with E-state index in [2.05, 4.69) is 56.9 Å². The van der Waals surface area contributed by atoms with Gasteiger partial charge in [-0.2, -0.15) is 4.98 Å². The molecule has 0 saturated carbocycles. The third kappa shape index (κ3) is 1.93. The van der Waals surface area contributed by atoms with E-state index in [-0.39, 0.29) is 5.41 Å². The molecule has 5 heteroatoms. The molecule has 0 N–H and O–H groups in total. The Labute approximate surface area is 158 Å². The summed E-state index contributed by atoms with van der Waals surface area (Å²) in [5, 5.41) is 5.69. The lowest BCUT2D eigenvalue weighted by Crippen LogP contribution is -2.50. The first-order valence-corrected chi connectivity index (χ1v) is 10.1. The lowest BCUT2D eigenvalue weighted by Gasteiger charge is -2.53. The van der Waals surface area contributed by atoms with Gasteiger partial charge in [0.05, 0.1) is 17.3 Å². The van der Waals surface area contributed by atoms with E-state index in [1.54, 1.807) is 0 Å². The minimum atomic E-state index is 0.154. The van der Waals surface area contributed by atoms with E-state index in [0.717, 1.165) is 25.1 Å². The van der Waals surface area contributed by atoms with Crippen LogP contribution in [0.4, 0.5) is 0 Å². The van der Waals surface area contributed by atoms with Gasteiger partial charge < -0.3 is 9.09 Å². The first-order valence-electron chi connectivity index (χ1n) is 10.1. The van der Waals surface area contributed by atoms with Crippen molar-refractivity contribution in [3.63, 3.8) is 0 Å². The number of nitrogens with zero attached hydrogens (tertiary/aromatic N) is 4. The summed E-state index contributed by atoms with van der Waals surface area (Å²) in [7, 11) is 0. The standard InChI is InChI=1S/C22H24N4O/c1-3-22-10-6-11-25-12-9-16-15-7-4-5-8-17(15)26(19(16)20(22)25)18(13-22)21-23-14(2)27-24-21/h4-5,7-8,13,20H,3,6,9-12H2,1-2H3/t20-,22+/m1/s1. The Morgan fingerprint density at radius 2 is 2.15 bits per heavy atom. The van der Waals surface area contributed by atoms with E-state index in [1.165, 1.54) is 41.5 Å². The van der Waals surface area contributed by atoms with E-state index in [4.69, 9.17) is 4.52 Å². The fraction of sp³-hybridized carbons (Fsp3) is 0.455. The molecule has 3 aromatic rings. The van der Waals surface area contributed by atoms with Crippen molar-refractivity contribution in [2.24, 2.45) is 5.41 Å². The second-order valence-corrected chi connectivity index (χ2v) is 8.26. The summed E-state index contributed by atoms with van der Waals surface area (Å²) in [5.74, 6) is 1.33. The predicted octanol–water partition coefficient (Wildman–Crippen LogP) is 4.32. The zero-order valence-electron chi connectivity index (χ0n) is 15.9. The fourth-order valence-electron chi connectivity index (χ4n) is 5.85. The highest BCUT2D eigenvalue weighted by Crippen LogP contribution is 2.57. The summed E-state index contributed by atoms with van der Waals surface area (Å²) >= 11 is 0. The molecule has 0 aliphatic carbocycles. The zero-order chi connectivity index (χ0) is 18.2. The second-order valence-electron chi connectivity index (χ2n) is 8.26. The minimum absolute atomic E-state index is 0.154. The summed E-state index contributed by atoms with van der Waals surface area (Å²) in [6.45, 7) is 6.57. The number of hydrogen-bond acceptors (Lipinski definition) is 4. The van der Waals surface area contributed by atoms with Gasteiger partial charge >= 0.3 is 0 Å². The molecule has 27 heavy (non-hydrogen) atoms. The lowest BCUT2D eigenvalue weighted by atomic mass is 9.66. The van der Waals surface area contributed by atoms with Crippen molar-refractivity contribution in [2.45, 2.75) is 45.6 Å². The van der Waals surface area contributed by atoms with Crippen LogP contribution in [0.15, 0.2) is 34.9 Å². The van der Waals surface area contributed by atoms with Crippen LogP contribution < -0.4 is 0 Å². The average molecular weight is 360 g/mol. The van der Waals surface area contributed by atoms with Crippen LogP contribution in [-0.4, -0.2) is 32.7 Å². The molecular formula is C22H24N4O. The van der Waals surface area contributed by atoms with Crippen LogP contribution in [0.25, 0.3) is 16.6 Å². The largest absolute Gasteiger partial charge is 0.339 e. The third-order valence-electron chi connectivity index (χ3n) is 7.01. The van der Waals surface area contributed by atoms with Crippen molar-refractivity contribution in [3.8, 4) is 0 Å². The monoisotopic (exact) mass is 360 g/mol. The second kappa shape index (κ2) is 5.32. The Hall–Kier alpha value is -2.40. The number of para-hydroxylation sites is 1. The quantitative estimate of drug-likeness (QED) is 0.683. The van der Waals surface area contributed by atoms with Crippen LogP contribution in [0, 0.1) is 12.3 Å². The first-order chi connectivity index (χ1) is 13.2. The molecule has 0 bridgehead atoms. The van der Waals surface area contributed by atoms with Crippen LogP contribution in [0.2, 0.25) is 0 Å². The average Bonchev–Trinajstić information content (AvgIpc) is 3.28. The number of rotatable bonds is 2. The molecule has 3 aliphatic rings. The molecule has 138 valence electrons. The van der Waals surface area contributed by atoms with Crippen molar-refractivity contribution in [1.82, 2.24) is 19.6 Å². The molecular weight excluding hydrogens is 336 g/mol. The Kier molecular flexibility index (Phi) is 3.08. The van der Waals surface area contributed by atoms with Crippen LogP contribution in [0.1, 0.15) is 55.2 Å². The molecule has 1 aromatic carbocycles. The first kappa shape index (κ1) is 15.6. The van der Waals surface area contributed by atoms with Gasteiger partial charge in [-0.3, -0.25) is 4.90 Å². The van der Waals surface area contributed by atoms with Crippen LogP contribution in [-0.2, 0) is 6.42 Å². The maximum Gasteiger partial charge on any atom is 0.223 e. The van der Waals surface area contributed by atoms with E-state index in [9.17, 15) is 0 Å². The summed E-state index contributed by atoms with van der Waals surface area (Å²) < 4.78 is 7.80. The fourth-order valence-corrected chi connectivity index (χ4v) is 5.85. The summed E-state index contributed by atoms with van der Waals surface area (Å²) in [4.78, 5) is 7.33. The molecule has 3 aliphatic heterocycles. The number of aryl methyl sites for hydroxylation is 1. The number of benzene rings is 1. The SMILES string of the molecule is CC[C@@]12C=C(c3noc(C)n3)n3c4c(c5ccccc53)CCN(CCC1)[C@H]42. The molecule has 5 nitrogen and oxygen atoms in total. The Morgan fingerprint density at radius 3 is 2.96 bits per heavy atom. The predicted molar refractivity (Wildman–Crippen MR) is 104 cm³/mol. The highest BCUT2D eigenvalue weighted by molar-refractivity contribution is 5.91. The van der Waals surface area contributed by atoms with Gasteiger partial charge in [0, 0.05) is 30.0 Å². The highest BCUT2D eigenvalue weighted by atomic mass is 16.5. The summed E-state index contributed by atoms with van der Waals surface area (Å²) in [6, 6.07) is 9.27. The molecule has 2 atom stereocenters. The highest BCUT2D eigenvalue weighted by Gasteiger charge is 2.50.